The molecular formula is C18H29NO. The first kappa shape index (κ1) is 16.9. The average Bonchev–Trinajstić information content (AvgIpc) is 2.35. The van der Waals surface area contributed by atoms with Crippen LogP contribution in [0.15, 0.2) is 24.3 Å². The van der Waals surface area contributed by atoms with Crippen LogP contribution in [0.2, 0.25) is 0 Å². The van der Waals surface area contributed by atoms with Gasteiger partial charge in [-0.2, -0.15) is 0 Å². The Morgan fingerprint density at radius 3 is 1.95 bits per heavy atom. The number of nitrogens with zero attached hydrogens (tertiary/aromatic N) is 1. The second kappa shape index (κ2) is 8.21. The number of ketones is 1. The Balaban J connectivity index is 2.53. The number of aryl methyl sites for hydroxylation is 1. The van der Waals surface area contributed by atoms with Crippen molar-refractivity contribution in [3.05, 3.63) is 35.4 Å². The van der Waals surface area contributed by atoms with E-state index in [1.807, 2.05) is 31.2 Å². The normalized spacial score (nSPS) is 11.6. The zero-order chi connectivity index (χ0) is 15.1. The predicted octanol–water partition coefficient (Wildman–Crippen LogP) is 4.18. The highest BCUT2D eigenvalue weighted by atomic mass is 16.1. The lowest BCUT2D eigenvalue weighted by molar-refractivity contribution is 0.0956. The summed E-state index contributed by atoms with van der Waals surface area (Å²) in [5.74, 6) is 1.54. The molecule has 0 atom stereocenters. The van der Waals surface area contributed by atoms with Crippen molar-refractivity contribution in [2.24, 2.45) is 11.8 Å². The second-order valence-electron chi connectivity index (χ2n) is 6.59. The van der Waals surface area contributed by atoms with Crippen LogP contribution in [0.3, 0.4) is 0 Å². The standard InChI is InChI=1S/C18H29NO/c1-14(2)12-19(13-15(3)4)11-10-18(20)17-8-6-16(5)7-9-17/h6-9,14-15H,10-13H2,1-5H3. The molecule has 0 aliphatic rings. The summed E-state index contributed by atoms with van der Waals surface area (Å²) < 4.78 is 0. The largest absolute Gasteiger partial charge is 0.302 e. The molecule has 0 aromatic heterocycles. The van der Waals surface area contributed by atoms with E-state index in [0.717, 1.165) is 25.2 Å². The van der Waals surface area contributed by atoms with Crippen LogP contribution in [0.5, 0.6) is 0 Å². The maximum atomic E-state index is 12.2. The number of carbonyl (C=O) groups excluding carboxylic acids is 1. The van der Waals surface area contributed by atoms with Crippen LogP contribution in [0, 0.1) is 18.8 Å². The molecule has 1 aromatic carbocycles. The van der Waals surface area contributed by atoms with E-state index < -0.39 is 0 Å². The number of rotatable bonds is 8. The van der Waals surface area contributed by atoms with E-state index in [-0.39, 0.29) is 5.78 Å². The molecule has 2 heteroatoms. The van der Waals surface area contributed by atoms with Crippen molar-refractivity contribution in [2.45, 2.75) is 41.0 Å². The van der Waals surface area contributed by atoms with Crippen molar-refractivity contribution in [1.82, 2.24) is 4.90 Å². The fourth-order valence-electron chi connectivity index (χ4n) is 2.43. The van der Waals surface area contributed by atoms with Crippen LogP contribution >= 0.6 is 0 Å². The Bertz CT molecular complexity index is 396. The number of hydrogen-bond acceptors (Lipinski definition) is 2. The zero-order valence-corrected chi connectivity index (χ0v) is 13.6. The highest BCUT2D eigenvalue weighted by molar-refractivity contribution is 5.96. The van der Waals surface area contributed by atoms with Crippen LogP contribution in [0.1, 0.15) is 50.0 Å². The molecule has 0 fully saturated rings. The predicted molar refractivity (Wildman–Crippen MR) is 86.2 cm³/mol. The van der Waals surface area contributed by atoms with Gasteiger partial charge in [0, 0.05) is 31.6 Å². The van der Waals surface area contributed by atoms with Gasteiger partial charge in [-0.05, 0) is 18.8 Å². The topological polar surface area (TPSA) is 20.3 Å². The summed E-state index contributed by atoms with van der Waals surface area (Å²) in [5, 5.41) is 0. The summed E-state index contributed by atoms with van der Waals surface area (Å²) in [5.41, 5.74) is 2.03. The molecule has 0 radical (unpaired) electrons. The highest BCUT2D eigenvalue weighted by Gasteiger charge is 2.12. The maximum absolute atomic E-state index is 12.2. The smallest absolute Gasteiger partial charge is 0.164 e. The number of Topliss-reactive ketones (excluding diaryl/α,β-unsaturated/α-hetero) is 1. The van der Waals surface area contributed by atoms with Gasteiger partial charge in [0.25, 0.3) is 0 Å². The van der Waals surface area contributed by atoms with Crippen molar-refractivity contribution >= 4 is 5.78 Å². The number of carbonyl (C=O) groups is 1. The molecule has 2 nitrogen and oxygen atoms in total. The van der Waals surface area contributed by atoms with Gasteiger partial charge in [0.15, 0.2) is 5.78 Å². The molecule has 0 saturated heterocycles. The molecule has 1 aromatic rings. The van der Waals surface area contributed by atoms with Gasteiger partial charge >= 0.3 is 0 Å². The van der Waals surface area contributed by atoms with Gasteiger partial charge < -0.3 is 4.90 Å². The molecule has 0 aliphatic heterocycles. The van der Waals surface area contributed by atoms with Crippen molar-refractivity contribution in [2.75, 3.05) is 19.6 Å². The molecule has 0 saturated carbocycles. The average molecular weight is 275 g/mol. The first-order chi connectivity index (χ1) is 9.38. The molecule has 112 valence electrons. The Morgan fingerprint density at radius 2 is 1.50 bits per heavy atom. The van der Waals surface area contributed by atoms with E-state index in [9.17, 15) is 4.79 Å². The third kappa shape index (κ3) is 6.33. The van der Waals surface area contributed by atoms with E-state index in [0.29, 0.717) is 18.3 Å². The van der Waals surface area contributed by atoms with Gasteiger partial charge in [0.1, 0.15) is 0 Å². The summed E-state index contributed by atoms with van der Waals surface area (Å²) in [6.07, 6.45) is 0.614. The zero-order valence-electron chi connectivity index (χ0n) is 13.6. The molecule has 0 bridgehead atoms. The highest BCUT2D eigenvalue weighted by Crippen LogP contribution is 2.09. The van der Waals surface area contributed by atoms with Crippen molar-refractivity contribution in [1.29, 1.82) is 0 Å². The lowest BCUT2D eigenvalue weighted by Gasteiger charge is -2.25. The van der Waals surface area contributed by atoms with Crippen LogP contribution in [-0.2, 0) is 0 Å². The van der Waals surface area contributed by atoms with E-state index in [1.54, 1.807) is 0 Å². The van der Waals surface area contributed by atoms with Crippen LogP contribution in [-0.4, -0.2) is 30.3 Å². The Kier molecular flexibility index (Phi) is 6.94. The molecule has 0 heterocycles. The summed E-state index contributed by atoms with van der Waals surface area (Å²) in [4.78, 5) is 14.6. The van der Waals surface area contributed by atoms with E-state index >= 15 is 0 Å². The van der Waals surface area contributed by atoms with Crippen LogP contribution in [0.25, 0.3) is 0 Å². The number of hydrogen-bond donors (Lipinski definition) is 0. The van der Waals surface area contributed by atoms with Gasteiger partial charge in [-0.1, -0.05) is 57.5 Å². The minimum Gasteiger partial charge on any atom is -0.302 e. The van der Waals surface area contributed by atoms with Crippen LogP contribution < -0.4 is 0 Å². The monoisotopic (exact) mass is 275 g/mol. The summed E-state index contributed by atoms with van der Waals surface area (Å²) in [7, 11) is 0. The summed E-state index contributed by atoms with van der Waals surface area (Å²) in [6.45, 7) is 14.0. The molecular weight excluding hydrogens is 246 g/mol. The Hall–Kier alpha value is -1.15. The molecule has 0 amide bonds. The molecule has 1 rings (SSSR count). The van der Waals surface area contributed by atoms with E-state index in [1.165, 1.54) is 5.56 Å². The second-order valence-corrected chi connectivity index (χ2v) is 6.59. The van der Waals surface area contributed by atoms with Gasteiger partial charge in [-0.15, -0.1) is 0 Å². The Labute approximate surface area is 124 Å². The third-order valence-electron chi connectivity index (χ3n) is 3.28. The molecule has 0 N–H and O–H groups in total. The lowest BCUT2D eigenvalue weighted by atomic mass is 10.1. The molecule has 20 heavy (non-hydrogen) atoms. The summed E-state index contributed by atoms with van der Waals surface area (Å²) in [6, 6.07) is 7.89. The lowest BCUT2D eigenvalue weighted by Crippen LogP contribution is -2.33. The number of benzene rings is 1. The molecule has 0 spiro atoms. The van der Waals surface area contributed by atoms with Crippen molar-refractivity contribution < 1.29 is 4.79 Å². The van der Waals surface area contributed by atoms with Gasteiger partial charge in [-0.25, -0.2) is 0 Å². The minimum absolute atomic E-state index is 0.252. The summed E-state index contributed by atoms with van der Waals surface area (Å²) >= 11 is 0. The Morgan fingerprint density at radius 1 is 1.00 bits per heavy atom. The van der Waals surface area contributed by atoms with Crippen LogP contribution in [0.4, 0.5) is 0 Å². The van der Waals surface area contributed by atoms with Gasteiger partial charge in [-0.3, -0.25) is 4.79 Å². The maximum Gasteiger partial charge on any atom is 0.164 e. The first-order valence-electron chi connectivity index (χ1n) is 7.70. The molecule has 0 unspecified atom stereocenters. The SMILES string of the molecule is Cc1ccc(C(=O)CCN(CC(C)C)CC(C)C)cc1. The quantitative estimate of drug-likeness (QED) is 0.663. The van der Waals surface area contributed by atoms with Gasteiger partial charge in [0.05, 0.1) is 0 Å². The minimum atomic E-state index is 0.252. The fourth-order valence-corrected chi connectivity index (χ4v) is 2.43. The van der Waals surface area contributed by atoms with E-state index in [4.69, 9.17) is 0 Å². The fraction of sp³-hybridized carbons (Fsp3) is 0.611. The van der Waals surface area contributed by atoms with E-state index in [2.05, 4.69) is 32.6 Å². The van der Waals surface area contributed by atoms with Crippen molar-refractivity contribution in [3.63, 3.8) is 0 Å². The van der Waals surface area contributed by atoms with Gasteiger partial charge in [0.2, 0.25) is 0 Å². The molecule has 0 aliphatic carbocycles. The van der Waals surface area contributed by atoms with Crippen molar-refractivity contribution in [3.8, 4) is 0 Å². The first-order valence-corrected chi connectivity index (χ1v) is 7.70. The third-order valence-corrected chi connectivity index (χ3v) is 3.28.